The number of hydrogen-bond acceptors (Lipinski definition) is 4. The first kappa shape index (κ1) is 15.0. The molecule has 1 atom stereocenters. The smallest absolute Gasteiger partial charge is 0.122 e. The van der Waals surface area contributed by atoms with Crippen LogP contribution in [0.3, 0.4) is 0 Å². The highest BCUT2D eigenvalue weighted by Crippen LogP contribution is 2.31. The van der Waals surface area contributed by atoms with E-state index < -0.39 is 0 Å². The molecule has 0 fully saturated rings. The Bertz CT molecular complexity index is 567. The first-order valence-electron chi connectivity index (χ1n) is 6.88. The molecule has 0 amide bonds. The van der Waals surface area contributed by atoms with E-state index in [0.29, 0.717) is 0 Å². The van der Waals surface area contributed by atoms with Crippen LogP contribution in [0.15, 0.2) is 29.6 Å². The molecule has 1 unspecified atom stereocenters. The molecule has 0 saturated carbocycles. The number of ether oxygens (including phenoxy) is 1. The molecule has 0 aliphatic heterocycles. The van der Waals surface area contributed by atoms with Crippen LogP contribution < -0.4 is 10.1 Å². The Morgan fingerprint density at radius 3 is 2.70 bits per heavy atom. The molecular formula is C16H22N2OS. The minimum Gasteiger partial charge on any atom is -0.496 e. The topological polar surface area (TPSA) is 34.1 Å². The van der Waals surface area contributed by atoms with Crippen molar-refractivity contribution in [3.05, 3.63) is 45.9 Å². The Labute approximate surface area is 125 Å². The number of aryl methyl sites for hydroxylation is 1. The third kappa shape index (κ3) is 3.19. The molecular weight excluding hydrogens is 268 g/mol. The molecule has 20 heavy (non-hydrogen) atoms. The number of nitrogens with one attached hydrogen (secondary N) is 1. The van der Waals surface area contributed by atoms with Crippen LogP contribution in [0.25, 0.3) is 0 Å². The second kappa shape index (κ2) is 6.37. The summed E-state index contributed by atoms with van der Waals surface area (Å²) in [5.74, 6) is 0.935. The number of benzene rings is 1. The minimum atomic E-state index is -0.164. The van der Waals surface area contributed by atoms with Crippen molar-refractivity contribution in [2.45, 2.75) is 32.7 Å². The van der Waals surface area contributed by atoms with Gasteiger partial charge in [0.1, 0.15) is 10.8 Å². The molecule has 3 nitrogen and oxygen atoms in total. The van der Waals surface area contributed by atoms with Crippen LogP contribution in [0, 0.1) is 6.92 Å². The number of nitrogens with zero attached hydrogens (tertiary/aromatic N) is 1. The molecule has 108 valence electrons. The SMILES string of the molecule is CCNC(C)(Cc1ccccc1OC)c1nc(C)cs1. The third-order valence-corrected chi connectivity index (χ3v) is 4.62. The zero-order valence-electron chi connectivity index (χ0n) is 12.6. The molecule has 0 saturated heterocycles. The summed E-state index contributed by atoms with van der Waals surface area (Å²) in [6, 6.07) is 8.18. The van der Waals surface area contributed by atoms with Crippen LogP contribution in [-0.4, -0.2) is 18.6 Å². The zero-order valence-corrected chi connectivity index (χ0v) is 13.4. The molecule has 1 aromatic heterocycles. The number of aromatic nitrogens is 1. The summed E-state index contributed by atoms with van der Waals surface area (Å²) in [7, 11) is 1.72. The van der Waals surface area contributed by atoms with Crippen LogP contribution >= 0.6 is 11.3 Å². The predicted octanol–water partition coefficient (Wildman–Crippen LogP) is 3.53. The van der Waals surface area contributed by atoms with E-state index in [9.17, 15) is 0 Å². The summed E-state index contributed by atoms with van der Waals surface area (Å²) in [6.07, 6.45) is 0.859. The molecule has 0 bridgehead atoms. The van der Waals surface area contributed by atoms with E-state index in [1.807, 2.05) is 19.1 Å². The van der Waals surface area contributed by atoms with Gasteiger partial charge in [-0.05, 0) is 32.0 Å². The van der Waals surface area contributed by atoms with Crippen LogP contribution in [0.5, 0.6) is 5.75 Å². The minimum absolute atomic E-state index is 0.164. The molecule has 0 aliphatic rings. The van der Waals surface area contributed by atoms with Crippen molar-refractivity contribution < 1.29 is 4.74 Å². The summed E-state index contributed by atoms with van der Waals surface area (Å²) in [6.45, 7) is 7.28. The molecule has 4 heteroatoms. The molecule has 1 aromatic carbocycles. The van der Waals surface area contributed by atoms with Crippen LogP contribution in [0.4, 0.5) is 0 Å². The molecule has 0 aliphatic carbocycles. The van der Waals surface area contributed by atoms with Gasteiger partial charge in [0.05, 0.1) is 12.6 Å². The van der Waals surface area contributed by atoms with E-state index >= 15 is 0 Å². The van der Waals surface area contributed by atoms with Crippen molar-refractivity contribution in [3.8, 4) is 5.75 Å². The van der Waals surface area contributed by atoms with Gasteiger partial charge in [0.15, 0.2) is 0 Å². The van der Waals surface area contributed by atoms with Gasteiger partial charge >= 0.3 is 0 Å². The number of likely N-dealkylation sites (N-methyl/N-ethyl adjacent to an activating group) is 1. The normalized spacial score (nSPS) is 14.0. The van der Waals surface area contributed by atoms with Gasteiger partial charge in [-0.25, -0.2) is 4.98 Å². The maximum absolute atomic E-state index is 5.47. The molecule has 2 rings (SSSR count). The Morgan fingerprint density at radius 1 is 1.35 bits per heavy atom. The maximum Gasteiger partial charge on any atom is 0.122 e. The van der Waals surface area contributed by atoms with Gasteiger partial charge in [-0.15, -0.1) is 11.3 Å². The fourth-order valence-electron chi connectivity index (χ4n) is 2.44. The monoisotopic (exact) mass is 290 g/mol. The highest BCUT2D eigenvalue weighted by molar-refractivity contribution is 7.09. The molecule has 2 aromatic rings. The Balaban J connectivity index is 2.34. The lowest BCUT2D eigenvalue weighted by atomic mass is 9.92. The van der Waals surface area contributed by atoms with Crippen LogP contribution in [0.1, 0.15) is 30.1 Å². The molecule has 0 spiro atoms. The Kier molecular flexibility index (Phi) is 4.78. The highest BCUT2D eigenvalue weighted by atomic mass is 32.1. The summed E-state index contributed by atoms with van der Waals surface area (Å²) < 4.78 is 5.47. The molecule has 1 N–H and O–H groups in total. The van der Waals surface area contributed by atoms with Gasteiger partial charge in [-0.2, -0.15) is 0 Å². The lowest BCUT2D eigenvalue weighted by molar-refractivity contribution is 0.357. The van der Waals surface area contributed by atoms with Crippen LogP contribution in [0.2, 0.25) is 0 Å². The summed E-state index contributed by atoms with van der Waals surface area (Å²) in [5.41, 5.74) is 2.11. The van der Waals surface area contributed by atoms with Gasteiger partial charge in [-0.3, -0.25) is 0 Å². The highest BCUT2D eigenvalue weighted by Gasteiger charge is 2.30. The lowest BCUT2D eigenvalue weighted by Crippen LogP contribution is -2.41. The van der Waals surface area contributed by atoms with E-state index in [0.717, 1.165) is 29.4 Å². The number of rotatable bonds is 6. The molecule has 1 heterocycles. The van der Waals surface area contributed by atoms with E-state index in [2.05, 4.69) is 41.7 Å². The van der Waals surface area contributed by atoms with E-state index in [1.54, 1.807) is 18.4 Å². The quantitative estimate of drug-likeness (QED) is 0.884. The van der Waals surface area contributed by atoms with Crippen molar-refractivity contribution in [2.24, 2.45) is 0 Å². The average Bonchev–Trinajstić information content (AvgIpc) is 2.87. The fraction of sp³-hybridized carbons (Fsp3) is 0.438. The fourth-order valence-corrected chi connectivity index (χ4v) is 3.38. The number of para-hydroxylation sites is 1. The van der Waals surface area contributed by atoms with Crippen molar-refractivity contribution in [1.29, 1.82) is 0 Å². The zero-order chi connectivity index (χ0) is 14.6. The summed E-state index contributed by atoms with van der Waals surface area (Å²) in [5, 5.41) is 6.81. The van der Waals surface area contributed by atoms with E-state index in [4.69, 9.17) is 4.74 Å². The van der Waals surface area contributed by atoms with Crippen molar-refractivity contribution in [1.82, 2.24) is 10.3 Å². The number of methoxy groups -OCH3 is 1. The van der Waals surface area contributed by atoms with Gasteiger partial charge in [0.2, 0.25) is 0 Å². The lowest BCUT2D eigenvalue weighted by Gasteiger charge is -2.29. The van der Waals surface area contributed by atoms with Gasteiger partial charge < -0.3 is 10.1 Å². The van der Waals surface area contributed by atoms with Gasteiger partial charge in [0, 0.05) is 17.5 Å². The van der Waals surface area contributed by atoms with Crippen molar-refractivity contribution >= 4 is 11.3 Å². The number of hydrogen-bond donors (Lipinski definition) is 1. The van der Waals surface area contributed by atoms with Gasteiger partial charge in [0.25, 0.3) is 0 Å². The third-order valence-electron chi connectivity index (χ3n) is 3.39. The number of thiazole rings is 1. The van der Waals surface area contributed by atoms with Gasteiger partial charge in [-0.1, -0.05) is 25.1 Å². The second-order valence-electron chi connectivity index (χ2n) is 5.15. The predicted molar refractivity (Wildman–Crippen MR) is 84.6 cm³/mol. The largest absolute Gasteiger partial charge is 0.496 e. The maximum atomic E-state index is 5.47. The Hall–Kier alpha value is -1.39. The first-order valence-corrected chi connectivity index (χ1v) is 7.76. The summed E-state index contributed by atoms with van der Waals surface area (Å²) >= 11 is 1.71. The first-order chi connectivity index (χ1) is 9.59. The average molecular weight is 290 g/mol. The van der Waals surface area contributed by atoms with E-state index in [-0.39, 0.29) is 5.54 Å². The van der Waals surface area contributed by atoms with Crippen molar-refractivity contribution in [2.75, 3.05) is 13.7 Å². The Morgan fingerprint density at radius 2 is 2.10 bits per heavy atom. The standard InChI is InChI=1S/C16H22N2OS/c1-5-17-16(3,15-18-12(2)11-20-15)10-13-8-6-7-9-14(13)19-4/h6-9,11,17H,5,10H2,1-4H3. The van der Waals surface area contributed by atoms with E-state index in [1.165, 1.54) is 5.56 Å². The van der Waals surface area contributed by atoms with Crippen molar-refractivity contribution in [3.63, 3.8) is 0 Å². The molecule has 0 radical (unpaired) electrons. The van der Waals surface area contributed by atoms with Crippen LogP contribution in [-0.2, 0) is 12.0 Å². The second-order valence-corrected chi connectivity index (χ2v) is 6.00. The summed E-state index contributed by atoms with van der Waals surface area (Å²) in [4.78, 5) is 4.67.